The van der Waals surface area contributed by atoms with Gasteiger partial charge in [0.25, 0.3) is 0 Å². The van der Waals surface area contributed by atoms with E-state index in [9.17, 15) is 18.0 Å². The van der Waals surface area contributed by atoms with E-state index in [1.54, 1.807) is 4.90 Å². The Morgan fingerprint density at radius 1 is 1.50 bits per heavy atom. The number of aromatic nitrogens is 1. The third-order valence-corrected chi connectivity index (χ3v) is 3.29. The lowest BCUT2D eigenvalue weighted by Gasteiger charge is -2.32. The number of carbonyl (C=O) groups is 1. The minimum absolute atomic E-state index is 0.0918. The van der Waals surface area contributed by atoms with Crippen LogP contribution in [0.1, 0.15) is 18.4 Å². The highest BCUT2D eigenvalue weighted by Gasteiger charge is 2.33. The van der Waals surface area contributed by atoms with Crippen LogP contribution in [0.2, 0.25) is 0 Å². The summed E-state index contributed by atoms with van der Waals surface area (Å²) in [5.74, 6) is -1.25. The van der Waals surface area contributed by atoms with Gasteiger partial charge in [0.15, 0.2) is 5.82 Å². The summed E-state index contributed by atoms with van der Waals surface area (Å²) in [4.78, 5) is 16.3. The molecular weight excluding hydrogens is 275 g/mol. The second-order valence-corrected chi connectivity index (χ2v) is 4.76. The van der Waals surface area contributed by atoms with E-state index >= 15 is 0 Å². The molecule has 1 atom stereocenters. The van der Waals surface area contributed by atoms with E-state index < -0.39 is 23.6 Å². The Labute approximate surface area is 113 Å². The molecule has 0 radical (unpaired) electrons. The van der Waals surface area contributed by atoms with E-state index in [0.29, 0.717) is 19.4 Å². The van der Waals surface area contributed by atoms with Crippen LogP contribution in [0.5, 0.6) is 0 Å². The molecule has 1 aliphatic rings. The molecule has 1 aromatic heterocycles. The number of hydrogen-bond donors (Lipinski definition) is 2. The van der Waals surface area contributed by atoms with Gasteiger partial charge in [-0.15, -0.1) is 0 Å². The average molecular weight is 289 g/mol. The first-order valence-electron chi connectivity index (χ1n) is 6.09. The van der Waals surface area contributed by atoms with Gasteiger partial charge in [0.05, 0.1) is 17.2 Å². The first-order chi connectivity index (χ1) is 9.29. The van der Waals surface area contributed by atoms with Crippen molar-refractivity contribution < 1.29 is 23.1 Å². The first kappa shape index (κ1) is 14.4. The normalized spacial score (nSPS) is 19.9. The van der Waals surface area contributed by atoms with Crippen LogP contribution < -0.4 is 10.6 Å². The van der Waals surface area contributed by atoms with E-state index in [-0.39, 0.29) is 18.1 Å². The second kappa shape index (κ2) is 5.18. The Kier molecular flexibility index (Phi) is 3.74. The summed E-state index contributed by atoms with van der Waals surface area (Å²) in [7, 11) is 0. The fourth-order valence-corrected chi connectivity index (χ4v) is 2.26. The third kappa shape index (κ3) is 2.94. The number of carboxylic acids is 1. The summed E-state index contributed by atoms with van der Waals surface area (Å²) < 4.78 is 37.6. The molecule has 0 aliphatic carbocycles. The Balaban J connectivity index is 2.23. The molecule has 1 aliphatic heterocycles. The van der Waals surface area contributed by atoms with Crippen LogP contribution in [-0.4, -0.2) is 29.1 Å². The van der Waals surface area contributed by atoms with Gasteiger partial charge >= 0.3 is 12.1 Å². The maximum atomic E-state index is 12.5. The van der Waals surface area contributed by atoms with Crippen molar-refractivity contribution in [2.24, 2.45) is 5.92 Å². The second-order valence-electron chi connectivity index (χ2n) is 4.76. The zero-order chi connectivity index (χ0) is 14.9. The number of halogens is 3. The van der Waals surface area contributed by atoms with Gasteiger partial charge < -0.3 is 15.7 Å². The number of carboxylic acid groups (broad SMARTS) is 1. The SMILES string of the molecule is Nc1cc(C(F)(F)F)cnc1N1CCCC(C(=O)O)C1. The van der Waals surface area contributed by atoms with Gasteiger partial charge in [-0.1, -0.05) is 0 Å². The molecule has 0 aromatic carbocycles. The van der Waals surface area contributed by atoms with Crippen molar-refractivity contribution in [3.05, 3.63) is 17.8 Å². The average Bonchev–Trinajstić information content (AvgIpc) is 2.37. The summed E-state index contributed by atoms with van der Waals surface area (Å²) in [6, 6.07) is 0.826. The number of nitrogen functional groups attached to an aromatic ring is 1. The Morgan fingerprint density at radius 2 is 2.20 bits per heavy atom. The van der Waals surface area contributed by atoms with Crippen molar-refractivity contribution in [1.82, 2.24) is 4.98 Å². The molecule has 8 heteroatoms. The van der Waals surface area contributed by atoms with Crippen LogP contribution in [0.4, 0.5) is 24.7 Å². The van der Waals surface area contributed by atoms with Gasteiger partial charge in [-0.3, -0.25) is 4.79 Å². The van der Waals surface area contributed by atoms with Gasteiger partial charge in [0.2, 0.25) is 0 Å². The molecule has 1 aromatic rings. The molecule has 5 nitrogen and oxygen atoms in total. The predicted molar refractivity (Wildman–Crippen MR) is 66.2 cm³/mol. The Hall–Kier alpha value is -1.99. The topological polar surface area (TPSA) is 79.5 Å². The number of rotatable bonds is 2. The zero-order valence-corrected chi connectivity index (χ0v) is 10.5. The third-order valence-electron chi connectivity index (χ3n) is 3.29. The van der Waals surface area contributed by atoms with Crippen molar-refractivity contribution >= 4 is 17.5 Å². The smallest absolute Gasteiger partial charge is 0.417 e. The fourth-order valence-electron chi connectivity index (χ4n) is 2.26. The van der Waals surface area contributed by atoms with Gasteiger partial charge in [0.1, 0.15) is 0 Å². The molecular formula is C12H14F3N3O2. The van der Waals surface area contributed by atoms with Crippen molar-refractivity contribution in [1.29, 1.82) is 0 Å². The van der Waals surface area contributed by atoms with Crippen molar-refractivity contribution in [2.75, 3.05) is 23.7 Å². The van der Waals surface area contributed by atoms with Crippen LogP contribution in [0.25, 0.3) is 0 Å². The van der Waals surface area contributed by atoms with Gasteiger partial charge in [0, 0.05) is 19.3 Å². The number of pyridine rings is 1. The van der Waals surface area contributed by atoms with Crippen LogP contribution in [0.15, 0.2) is 12.3 Å². The van der Waals surface area contributed by atoms with E-state index in [1.807, 2.05) is 0 Å². The standard InChI is InChI=1S/C12H14F3N3O2/c13-12(14,15)8-4-9(16)10(17-5-8)18-3-1-2-7(6-18)11(19)20/h4-5,7H,1-3,6,16H2,(H,19,20). The molecule has 20 heavy (non-hydrogen) atoms. The van der Waals surface area contributed by atoms with Crippen molar-refractivity contribution in [3.63, 3.8) is 0 Å². The summed E-state index contributed by atoms with van der Waals surface area (Å²) >= 11 is 0. The van der Waals surface area contributed by atoms with Crippen molar-refractivity contribution in [2.45, 2.75) is 19.0 Å². The predicted octanol–water partition coefficient (Wildman–Crippen LogP) is 1.98. The molecule has 1 saturated heterocycles. The summed E-state index contributed by atoms with van der Waals surface area (Å²) in [5, 5.41) is 9.00. The molecule has 0 saturated carbocycles. The summed E-state index contributed by atoms with van der Waals surface area (Å²) in [6.07, 6.45) is -2.59. The highest BCUT2D eigenvalue weighted by Crippen LogP contribution is 2.33. The Morgan fingerprint density at radius 3 is 2.75 bits per heavy atom. The van der Waals surface area contributed by atoms with E-state index in [1.165, 1.54) is 0 Å². The van der Waals surface area contributed by atoms with E-state index in [2.05, 4.69) is 4.98 Å². The quantitative estimate of drug-likeness (QED) is 0.870. The van der Waals surface area contributed by atoms with Crippen molar-refractivity contribution in [3.8, 4) is 0 Å². The zero-order valence-electron chi connectivity index (χ0n) is 10.5. The van der Waals surface area contributed by atoms with Gasteiger partial charge in [-0.25, -0.2) is 4.98 Å². The van der Waals surface area contributed by atoms with Gasteiger partial charge in [-0.2, -0.15) is 13.2 Å². The fraction of sp³-hybridized carbons (Fsp3) is 0.500. The first-order valence-corrected chi connectivity index (χ1v) is 6.09. The highest BCUT2D eigenvalue weighted by molar-refractivity contribution is 5.72. The molecule has 2 rings (SSSR count). The maximum Gasteiger partial charge on any atom is 0.417 e. The largest absolute Gasteiger partial charge is 0.481 e. The number of nitrogens with two attached hydrogens (primary N) is 1. The van der Waals surface area contributed by atoms with Crippen LogP contribution in [-0.2, 0) is 11.0 Å². The molecule has 0 bridgehead atoms. The lowest BCUT2D eigenvalue weighted by Crippen LogP contribution is -2.39. The van der Waals surface area contributed by atoms with Gasteiger partial charge in [-0.05, 0) is 18.9 Å². The minimum atomic E-state index is -4.49. The molecule has 3 N–H and O–H groups in total. The molecule has 1 fully saturated rings. The lowest BCUT2D eigenvalue weighted by molar-refractivity contribution is -0.142. The van der Waals surface area contributed by atoms with Crippen LogP contribution in [0.3, 0.4) is 0 Å². The van der Waals surface area contributed by atoms with E-state index in [0.717, 1.165) is 12.3 Å². The number of aliphatic carboxylic acids is 1. The molecule has 0 amide bonds. The number of anilines is 2. The number of hydrogen-bond acceptors (Lipinski definition) is 4. The number of nitrogens with zero attached hydrogens (tertiary/aromatic N) is 2. The molecule has 0 spiro atoms. The molecule has 1 unspecified atom stereocenters. The van der Waals surface area contributed by atoms with E-state index in [4.69, 9.17) is 10.8 Å². The number of alkyl halides is 3. The number of piperidine rings is 1. The van der Waals surface area contributed by atoms with Crippen LogP contribution >= 0.6 is 0 Å². The molecule has 2 heterocycles. The minimum Gasteiger partial charge on any atom is -0.481 e. The molecule has 110 valence electrons. The van der Waals surface area contributed by atoms with Crippen LogP contribution in [0, 0.1) is 5.92 Å². The summed E-state index contributed by atoms with van der Waals surface area (Å²) in [5.41, 5.74) is 4.62. The Bertz CT molecular complexity index is 519. The summed E-state index contributed by atoms with van der Waals surface area (Å²) in [6.45, 7) is 0.740. The lowest BCUT2D eigenvalue weighted by atomic mass is 9.98. The highest BCUT2D eigenvalue weighted by atomic mass is 19.4. The maximum absolute atomic E-state index is 12.5. The monoisotopic (exact) mass is 289 g/mol.